The summed E-state index contributed by atoms with van der Waals surface area (Å²) in [6, 6.07) is 8.75. The SMILES string of the molecule is C#CCOc1ccc(C(=O)Cc2ccc3c(c2)[C@]2(COC3)CS(=O)(=O)C(C)(C)C(N)=N2)nc1. The average Bonchev–Trinajstić information content (AvgIpc) is 2.77. The molecule has 2 aromatic rings. The maximum Gasteiger partial charge on any atom is 0.185 e. The summed E-state index contributed by atoms with van der Waals surface area (Å²) < 4.78 is 35.8. The van der Waals surface area contributed by atoms with E-state index in [9.17, 15) is 13.2 Å². The molecule has 0 saturated heterocycles. The zero-order chi connectivity index (χ0) is 23.9. The van der Waals surface area contributed by atoms with E-state index >= 15 is 0 Å². The molecule has 2 aliphatic heterocycles. The Morgan fingerprint density at radius 1 is 1.30 bits per heavy atom. The molecule has 3 heterocycles. The summed E-state index contributed by atoms with van der Waals surface area (Å²) in [5.41, 5.74) is 7.58. The van der Waals surface area contributed by atoms with Gasteiger partial charge >= 0.3 is 0 Å². The summed E-state index contributed by atoms with van der Waals surface area (Å²) in [7, 11) is -3.59. The number of sulfone groups is 1. The van der Waals surface area contributed by atoms with Gasteiger partial charge in [0.2, 0.25) is 0 Å². The number of pyridine rings is 1. The first-order chi connectivity index (χ1) is 15.6. The minimum absolute atomic E-state index is 0.0584. The molecule has 0 fully saturated rings. The Kier molecular flexibility index (Phi) is 5.76. The Hall–Kier alpha value is -3.22. The van der Waals surface area contributed by atoms with Gasteiger partial charge in [0.15, 0.2) is 15.6 Å². The number of ether oxygens (including phenoxy) is 2. The molecule has 1 atom stereocenters. The van der Waals surface area contributed by atoms with Crippen molar-refractivity contribution in [3.05, 3.63) is 58.9 Å². The maximum absolute atomic E-state index is 13.0. The van der Waals surface area contributed by atoms with Crippen molar-refractivity contribution in [2.24, 2.45) is 10.7 Å². The predicted molar refractivity (Wildman–Crippen MR) is 124 cm³/mol. The Morgan fingerprint density at radius 3 is 2.76 bits per heavy atom. The van der Waals surface area contributed by atoms with Crippen LogP contribution in [-0.2, 0) is 33.1 Å². The smallest absolute Gasteiger partial charge is 0.185 e. The number of amidine groups is 1. The lowest BCUT2D eigenvalue weighted by Crippen LogP contribution is -2.57. The van der Waals surface area contributed by atoms with Crippen LogP contribution in [-0.4, -0.2) is 48.7 Å². The number of aliphatic imine (C=N–C) groups is 1. The number of hydrogen-bond acceptors (Lipinski definition) is 8. The number of carbonyl (C=O) groups is 1. The van der Waals surface area contributed by atoms with E-state index in [4.69, 9.17) is 21.6 Å². The van der Waals surface area contributed by atoms with Gasteiger partial charge in [-0.25, -0.2) is 13.4 Å². The Bertz CT molecular complexity index is 1280. The first-order valence-corrected chi connectivity index (χ1v) is 12.1. The van der Waals surface area contributed by atoms with E-state index in [-0.39, 0.29) is 37.0 Å². The van der Waals surface area contributed by atoms with Crippen LogP contribution in [0.1, 0.15) is 41.0 Å². The molecule has 1 aromatic carbocycles. The van der Waals surface area contributed by atoms with Crippen molar-refractivity contribution in [2.45, 2.75) is 37.2 Å². The summed E-state index contributed by atoms with van der Waals surface area (Å²) in [5.74, 6) is 2.52. The summed E-state index contributed by atoms with van der Waals surface area (Å²) >= 11 is 0. The summed E-state index contributed by atoms with van der Waals surface area (Å²) in [6.07, 6.45) is 6.72. The largest absolute Gasteiger partial charge is 0.479 e. The number of ketones is 1. The van der Waals surface area contributed by atoms with Crippen molar-refractivity contribution < 1.29 is 22.7 Å². The summed E-state index contributed by atoms with van der Waals surface area (Å²) in [5, 5.41) is 0. The van der Waals surface area contributed by atoms with Crippen LogP contribution < -0.4 is 10.5 Å². The standard InChI is InChI=1S/C24H25N3O5S/c1-4-9-32-18-7-8-20(26-12-18)21(28)11-16-5-6-17-13-31-14-24(19(17)10-16)15-33(29,30)23(2,3)22(25)27-24/h1,5-8,10,12H,9,11,13-15H2,2-3H3,(H2,25,27)/t24-/m0/s1. The molecular formula is C24H25N3O5S. The number of fused-ring (bicyclic) bond motifs is 2. The van der Waals surface area contributed by atoms with Gasteiger partial charge in [-0.15, -0.1) is 6.42 Å². The van der Waals surface area contributed by atoms with Crippen LogP contribution in [0.15, 0.2) is 41.5 Å². The van der Waals surface area contributed by atoms with E-state index in [0.717, 1.165) is 16.7 Å². The van der Waals surface area contributed by atoms with Crippen LogP contribution in [0.2, 0.25) is 0 Å². The van der Waals surface area contributed by atoms with E-state index in [1.165, 1.54) is 6.20 Å². The highest BCUT2D eigenvalue weighted by atomic mass is 32.2. The summed E-state index contributed by atoms with van der Waals surface area (Å²) in [6.45, 7) is 3.68. The third-order valence-electron chi connectivity index (χ3n) is 6.14. The number of benzene rings is 1. The molecular weight excluding hydrogens is 442 g/mol. The minimum Gasteiger partial charge on any atom is -0.479 e. The quantitative estimate of drug-likeness (QED) is 0.526. The third kappa shape index (κ3) is 4.12. The van der Waals surface area contributed by atoms with Gasteiger partial charge in [-0.05, 0) is 42.7 Å². The van der Waals surface area contributed by atoms with Crippen molar-refractivity contribution in [1.29, 1.82) is 0 Å². The summed E-state index contributed by atoms with van der Waals surface area (Å²) in [4.78, 5) is 21.6. The fraction of sp³-hybridized carbons (Fsp3) is 0.375. The number of hydrogen-bond donors (Lipinski definition) is 1. The second-order valence-corrected chi connectivity index (χ2v) is 11.3. The lowest BCUT2D eigenvalue weighted by molar-refractivity contribution is 0.0609. The van der Waals surface area contributed by atoms with E-state index in [2.05, 4.69) is 15.9 Å². The first-order valence-electron chi connectivity index (χ1n) is 10.4. The normalized spacial score (nSPS) is 22.6. The van der Waals surface area contributed by atoms with Crippen LogP contribution >= 0.6 is 0 Å². The van der Waals surface area contributed by atoms with Crippen LogP contribution in [0.4, 0.5) is 0 Å². The van der Waals surface area contributed by atoms with Crippen molar-refractivity contribution in [2.75, 3.05) is 19.0 Å². The Balaban J connectivity index is 1.64. The topological polar surface area (TPSA) is 121 Å². The van der Waals surface area contributed by atoms with Gasteiger partial charge in [-0.2, -0.15) is 0 Å². The number of aromatic nitrogens is 1. The van der Waals surface area contributed by atoms with E-state index in [1.807, 2.05) is 18.2 Å². The number of rotatable bonds is 5. The zero-order valence-electron chi connectivity index (χ0n) is 18.5. The molecule has 0 saturated carbocycles. The maximum atomic E-state index is 13.0. The minimum atomic E-state index is -3.59. The lowest BCUT2D eigenvalue weighted by Gasteiger charge is -2.42. The molecule has 33 heavy (non-hydrogen) atoms. The molecule has 1 spiro atoms. The molecule has 0 aliphatic carbocycles. The van der Waals surface area contributed by atoms with Gasteiger partial charge in [-0.3, -0.25) is 9.79 Å². The molecule has 0 bridgehead atoms. The van der Waals surface area contributed by atoms with Crippen molar-refractivity contribution in [3.63, 3.8) is 0 Å². The fourth-order valence-corrected chi connectivity index (χ4v) is 5.65. The highest BCUT2D eigenvalue weighted by Gasteiger charge is 2.52. The lowest BCUT2D eigenvalue weighted by atomic mass is 9.85. The van der Waals surface area contributed by atoms with Crippen LogP contribution in [0.3, 0.4) is 0 Å². The number of Topliss-reactive ketones (excluding diaryl/α,β-unsaturated/α-hetero) is 1. The Labute approximate surface area is 193 Å². The number of terminal acetylenes is 1. The molecule has 0 amide bonds. The number of carbonyl (C=O) groups excluding carboxylic acids is 1. The number of nitrogens with zero attached hydrogens (tertiary/aromatic N) is 2. The monoisotopic (exact) mass is 467 g/mol. The van der Waals surface area contributed by atoms with Crippen molar-refractivity contribution >= 4 is 21.5 Å². The second-order valence-electron chi connectivity index (χ2n) is 8.75. The van der Waals surface area contributed by atoms with Crippen molar-refractivity contribution in [1.82, 2.24) is 4.98 Å². The van der Waals surface area contributed by atoms with Gasteiger partial charge in [0, 0.05) is 6.42 Å². The molecule has 8 nitrogen and oxygen atoms in total. The molecule has 2 aliphatic rings. The third-order valence-corrected chi connectivity index (χ3v) is 8.76. The van der Waals surface area contributed by atoms with Gasteiger partial charge < -0.3 is 15.2 Å². The molecule has 4 rings (SSSR count). The zero-order valence-corrected chi connectivity index (χ0v) is 19.3. The molecule has 1 aromatic heterocycles. The van der Waals surface area contributed by atoms with Gasteiger partial charge in [0.1, 0.15) is 34.2 Å². The van der Waals surface area contributed by atoms with Crippen LogP contribution in [0.5, 0.6) is 5.75 Å². The van der Waals surface area contributed by atoms with E-state index in [0.29, 0.717) is 18.1 Å². The van der Waals surface area contributed by atoms with Gasteiger partial charge in [-0.1, -0.05) is 24.1 Å². The first kappa shape index (κ1) is 23.0. The molecule has 0 unspecified atom stereocenters. The fourth-order valence-electron chi connectivity index (χ4n) is 4.00. The average molecular weight is 468 g/mol. The molecule has 9 heteroatoms. The van der Waals surface area contributed by atoms with Crippen LogP contribution in [0.25, 0.3) is 0 Å². The van der Waals surface area contributed by atoms with E-state index in [1.54, 1.807) is 26.0 Å². The second kappa shape index (κ2) is 8.28. The highest BCUT2D eigenvalue weighted by Crippen LogP contribution is 2.41. The van der Waals surface area contributed by atoms with Crippen molar-refractivity contribution in [3.8, 4) is 18.1 Å². The molecule has 172 valence electrons. The van der Waals surface area contributed by atoms with E-state index < -0.39 is 20.1 Å². The van der Waals surface area contributed by atoms with Crippen LogP contribution in [0, 0.1) is 12.3 Å². The molecule has 2 N–H and O–H groups in total. The Morgan fingerprint density at radius 2 is 2.09 bits per heavy atom. The predicted octanol–water partition coefficient (Wildman–Crippen LogP) is 1.81. The van der Waals surface area contributed by atoms with Gasteiger partial charge in [0.05, 0.1) is 25.2 Å². The van der Waals surface area contributed by atoms with Gasteiger partial charge in [0.25, 0.3) is 0 Å². The number of nitrogens with two attached hydrogens (primary N) is 1. The highest BCUT2D eigenvalue weighted by molar-refractivity contribution is 7.93. The molecule has 0 radical (unpaired) electrons.